The lowest BCUT2D eigenvalue weighted by Crippen LogP contribution is -2.44. The number of allylic oxidation sites excluding steroid dienone is 1. The number of halogens is 1. The van der Waals surface area contributed by atoms with Crippen LogP contribution in [0.15, 0.2) is 24.8 Å². The molecule has 1 aliphatic carbocycles. The molecule has 2 aromatic heterocycles. The lowest BCUT2D eigenvalue weighted by molar-refractivity contribution is -0.0413. The minimum absolute atomic E-state index is 0.0216. The fourth-order valence-corrected chi connectivity index (χ4v) is 13.9. The van der Waals surface area contributed by atoms with Crippen LogP contribution in [0.1, 0.15) is 60.1 Å². The van der Waals surface area contributed by atoms with E-state index in [4.69, 9.17) is 35.8 Å². The normalized spacial score (nSPS) is 36.7. The van der Waals surface area contributed by atoms with Crippen LogP contribution in [0.5, 0.6) is 0 Å². The molecule has 2 N–H and O–H groups in total. The summed E-state index contributed by atoms with van der Waals surface area (Å²) in [6.45, 7) is 19.4. The molecule has 0 radical (unpaired) electrons. The first kappa shape index (κ1) is 30.5. The summed E-state index contributed by atoms with van der Waals surface area (Å²) in [7, 11) is -2.16. The summed E-state index contributed by atoms with van der Waals surface area (Å²) in [4.78, 5) is 12.6. The van der Waals surface area contributed by atoms with Crippen LogP contribution in [0.4, 0.5) is 10.2 Å². The maximum atomic E-state index is 16.5. The number of ether oxygens (including phenoxy) is 1. The van der Waals surface area contributed by atoms with Gasteiger partial charge in [-0.1, -0.05) is 44.3 Å². The highest BCUT2D eigenvalue weighted by atomic mass is 32.9. The Morgan fingerprint density at radius 2 is 2.10 bits per heavy atom. The van der Waals surface area contributed by atoms with Crippen LogP contribution in [-0.4, -0.2) is 63.7 Å². The summed E-state index contributed by atoms with van der Waals surface area (Å²) in [5.74, 6) is 0.612. The van der Waals surface area contributed by atoms with Gasteiger partial charge < -0.3 is 23.9 Å². The monoisotopic (exact) mass is 629 g/mol. The Hall–Kier alpha value is -0.923. The van der Waals surface area contributed by atoms with Crippen molar-refractivity contribution in [1.82, 2.24) is 19.5 Å². The highest BCUT2D eigenvalue weighted by molar-refractivity contribution is 8.68. The minimum atomic E-state index is -2.89. The third-order valence-electron chi connectivity index (χ3n) is 9.04. The molecular formula is C26H41FN5O4PS2Si. The molecule has 2 aromatic rings. The van der Waals surface area contributed by atoms with E-state index in [0.717, 1.165) is 24.8 Å². The van der Waals surface area contributed by atoms with Crippen molar-refractivity contribution in [3.63, 3.8) is 0 Å². The number of aromatic nitrogens is 4. The average Bonchev–Trinajstić information content (AvgIpc) is 3.48. The van der Waals surface area contributed by atoms with Crippen LogP contribution in [0.2, 0.25) is 18.1 Å². The molecule has 0 aromatic carbocycles. The first-order valence-corrected chi connectivity index (χ1v) is 20.7. The Morgan fingerprint density at radius 3 is 2.77 bits per heavy atom. The van der Waals surface area contributed by atoms with Crippen LogP contribution in [0.3, 0.4) is 0 Å². The molecule has 0 amide bonds. The molecule has 3 aliphatic rings. The largest absolute Gasteiger partial charge is 0.414 e. The van der Waals surface area contributed by atoms with Gasteiger partial charge in [-0.15, -0.1) is 0 Å². The van der Waals surface area contributed by atoms with Crippen LogP contribution in [-0.2, 0) is 30.0 Å². The molecule has 14 heteroatoms. The summed E-state index contributed by atoms with van der Waals surface area (Å²) in [5, 5.41) is -0.0216. The highest BCUT2D eigenvalue weighted by Gasteiger charge is 2.57. The quantitative estimate of drug-likeness (QED) is 0.206. The van der Waals surface area contributed by atoms with E-state index in [1.165, 1.54) is 12.7 Å². The molecule has 2 saturated heterocycles. The smallest absolute Gasteiger partial charge is 0.248 e. The van der Waals surface area contributed by atoms with Gasteiger partial charge in [0.05, 0.1) is 19.0 Å². The first-order chi connectivity index (χ1) is 18.5. The fourth-order valence-electron chi connectivity index (χ4n) is 5.32. The maximum absolute atomic E-state index is 16.5. The van der Waals surface area contributed by atoms with Gasteiger partial charge in [0.15, 0.2) is 32.2 Å². The first-order valence-electron chi connectivity index (χ1n) is 13.7. The summed E-state index contributed by atoms with van der Waals surface area (Å²) in [6, 6.07) is 0. The molecule has 5 rings (SSSR count). The second-order valence-corrected chi connectivity index (χ2v) is 24.4. The Morgan fingerprint density at radius 1 is 1.38 bits per heavy atom. The molecule has 0 bridgehead atoms. The predicted molar refractivity (Wildman–Crippen MR) is 164 cm³/mol. The van der Waals surface area contributed by atoms with Crippen molar-refractivity contribution in [2.45, 2.75) is 107 Å². The lowest BCUT2D eigenvalue weighted by atomic mass is 9.77. The van der Waals surface area contributed by atoms with Crippen molar-refractivity contribution in [1.29, 1.82) is 0 Å². The molecule has 2 aliphatic heterocycles. The van der Waals surface area contributed by atoms with Crippen molar-refractivity contribution in [2.24, 2.45) is 5.92 Å². The van der Waals surface area contributed by atoms with Gasteiger partial charge in [0, 0.05) is 4.75 Å². The van der Waals surface area contributed by atoms with Crippen LogP contribution >= 0.6 is 17.1 Å². The number of hydrogen-bond acceptors (Lipinski definition) is 10. The van der Waals surface area contributed by atoms with Crippen LogP contribution in [0.25, 0.3) is 11.2 Å². The van der Waals surface area contributed by atoms with E-state index >= 15 is 4.39 Å². The third-order valence-corrected chi connectivity index (χ3v) is 19.3. The fraction of sp³-hybridized carbons (Fsp3) is 0.731. The van der Waals surface area contributed by atoms with E-state index in [1.807, 2.05) is 0 Å². The lowest BCUT2D eigenvalue weighted by Gasteiger charge is -2.37. The summed E-state index contributed by atoms with van der Waals surface area (Å²) in [5.41, 5.74) is 5.03. The van der Waals surface area contributed by atoms with Gasteiger partial charge in [0.25, 0.3) is 0 Å². The molecule has 3 fully saturated rings. The van der Waals surface area contributed by atoms with Crippen molar-refractivity contribution in [2.75, 3.05) is 12.3 Å². The number of hydrogen-bond donors (Lipinski definition) is 1. The summed E-state index contributed by atoms with van der Waals surface area (Å²) in [6.07, 6.45) is 1.30. The number of fused-ring (bicyclic) bond motifs is 2. The molecule has 0 spiro atoms. The standard InChI is InChI=1S/C26H41FN5O4PS2Si/c1-15(2)16-9-10-26(6)18(11-16)35-37(38,39-26)36-21-17(12-33-40(7,8)25(3,4)5)34-24(19(21)27)32-14-31-20-22(28)29-13-30-23(20)32/h13-14,16-19,21,24H,1,9-12H2,2-8H3,(H2,28,29,30)/t16-,17-,18+,19-,21-,24-,26+,37+/m1/s1. The zero-order valence-electron chi connectivity index (χ0n) is 24.3. The topological polar surface area (TPSA) is 107 Å². The molecular weight excluding hydrogens is 589 g/mol. The van der Waals surface area contributed by atoms with Crippen LogP contribution in [0, 0.1) is 5.92 Å². The summed E-state index contributed by atoms with van der Waals surface area (Å²) >= 11 is 7.62. The molecule has 9 nitrogen and oxygen atoms in total. The van der Waals surface area contributed by atoms with E-state index in [9.17, 15) is 0 Å². The van der Waals surface area contributed by atoms with Crippen molar-refractivity contribution >= 4 is 54.2 Å². The van der Waals surface area contributed by atoms with Crippen molar-refractivity contribution < 1.29 is 22.6 Å². The number of nitrogen functional groups attached to an aromatic ring is 1. The van der Waals surface area contributed by atoms with E-state index in [2.05, 4.69) is 69.2 Å². The van der Waals surface area contributed by atoms with Crippen molar-refractivity contribution in [3.8, 4) is 0 Å². The van der Waals surface area contributed by atoms with E-state index in [1.54, 1.807) is 15.9 Å². The Bertz CT molecular complexity index is 1340. The number of rotatable bonds is 7. The molecule has 0 unspecified atom stereocenters. The predicted octanol–water partition coefficient (Wildman–Crippen LogP) is 6.54. The van der Waals surface area contributed by atoms with Gasteiger partial charge in [-0.3, -0.25) is 4.57 Å². The second-order valence-electron chi connectivity index (χ2n) is 13.0. The number of anilines is 1. The number of nitrogens with zero attached hydrogens (tertiary/aromatic N) is 4. The zero-order chi connectivity index (χ0) is 29.3. The number of nitrogens with two attached hydrogens (primary N) is 1. The Kier molecular flexibility index (Phi) is 8.14. The van der Waals surface area contributed by atoms with Gasteiger partial charge in [0.2, 0.25) is 5.69 Å². The van der Waals surface area contributed by atoms with Gasteiger partial charge >= 0.3 is 0 Å². The van der Waals surface area contributed by atoms with Crippen LogP contribution < -0.4 is 5.73 Å². The van der Waals surface area contributed by atoms with Gasteiger partial charge in [-0.05, 0) is 69.0 Å². The molecule has 8 atom stereocenters. The van der Waals surface area contributed by atoms with E-state index < -0.39 is 38.6 Å². The Labute approximate surface area is 246 Å². The molecule has 1 saturated carbocycles. The SMILES string of the molecule is C=C(C)[C@@H]1CC[C@]2(C)S[P@](=S)(O[C@H]3[C@@H](F)[C@H](n4cnc5c(N)ncnc54)O[C@@H]3CO[Si](C)(C)C(C)(C)C)O[C@H]2C1. The zero-order valence-corrected chi connectivity index (χ0v) is 27.8. The molecule has 40 heavy (non-hydrogen) atoms. The number of alkyl halides is 1. The van der Waals surface area contributed by atoms with Gasteiger partial charge in [-0.2, -0.15) is 0 Å². The molecule has 4 heterocycles. The minimum Gasteiger partial charge on any atom is -0.414 e. The second kappa shape index (κ2) is 10.7. The maximum Gasteiger partial charge on any atom is 0.248 e. The number of imidazole rings is 1. The highest BCUT2D eigenvalue weighted by Crippen LogP contribution is 2.76. The Balaban J connectivity index is 1.42. The third kappa shape index (κ3) is 5.57. The average molecular weight is 630 g/mol. The van der Waals surface area contributed by atoms with Crippen molar-refractivity contribution in [3.05, 3.63) is 24.8 Å². The van der Waals surface area contributed by atoms with Gasteiger partial charge in [-0.25, -0.2) is 19.3 Å². The van der Waals surface area contributed by atoms with E-state index in [-0.39, 0.29) is 28.3 Å². The summed E-state index contributed by atoms with van der Waals surface area (Å²) < 4.78 is 43.8. The van der Waals surface area contributed by atoms with Gasteiger partial charge in [0.1, 0.15) is 24.1 Å². The van der Waals surface area contributed by atoms with E-state index in [0.29, 0.717) is 17.1 Å². The molecule has 222 valence electrons.